The zero-order valence-corrected chi connectivity index (χ0v) is 15.6. The average Bonchev–Trinajstić information content (AvgIpc) is 3.01. The fourth-order valence-electron chi connectivity index (χ4n) is 2.93. The highest BCUT2D eigenvalue weighted by atomic mass is 32.1. The fraction of sp³-hybridized carbons (Fsp3) is 0.333. The third-order valence-corrected chi connectivity index (χ3v) is 5.16. The number of Topliss-reactive ketones (excluding diaryl/α,β-unsaturated/α-hetero) is 1. The van der Waals surface area contributed by atoms with Gasteiger partial charge in [0.25, 0.3) is 0 Å². The quantitative estimate of drug-likeness (QED) is 0.833. The van der Waals surface area contributed by atoms with Gasteiger partial charge in [0.05, 0.1) is 12.0 Å². The minimum Gasteiger partial charge on any atom is -0.369 e. The molecule has 2 N–H and O–H groups in total. The van der Waals surface area contributed by atoms with E-state index in [0.717, 1.165) is 4.88 Å². The third kappa shape index (κ3) is 3.37. The zero-order valence-electron chi connectivity index (χ0n) is 14.7. The molecule has 0 spiro atoms. The van der Waals surface area contributed by atoms with Gasteiger partial charge in [0.1, 0.15) is 11.5 Å². The molecule has 1 atom stereocenters. The third-order valence-electron chi connectivity index (χ3n) is 4.46. The lowest BCUT2D eigenvalue weighted by Gasteiger charge is -2.34. The first-order valence-corrected chi connectivity index (χ1v) is 8.84. The van der Waals surface area contributed by atoms with E-state index in [4.69, 9.17) is 5.73 Å². The van der Waals surface area contributed by atoms with Crippen LogP contribution in [0.2, 0.25) is 0 Å². The van der Waals surface area contributed by atoms with E-state index in [9.17, 15) is 14.0 Å². The maximum atomic E-state index is 14.5. The number of aryl methyl sites for hydroxylation is 1. The second-order valence-corrected chi connectivity index (χ2v) is 7.62. The number of rotatable bonds is 4. The Morgan fingerprint density at radius 1 is 1.42 bits per heavy atom. The van der Waals surface area contributed by atoms with Gasteiger partial charge in [0, 0.05) is 23.9 Å². The number of hydrogen-bond donors (Lipinski definition) is 1. The van der Waals surface area contributed by atoms with Gasteiger partial charge < -0.3 is 5.73 Å². The maximum Gasteiger partial charge on any atom is 0.231 e. The Hall–Kier alpha value is -2.61. The molecular formula is C18H19FN4O2S. The number of nitrogens with zero attached hydrogens (tertiary/aromatic N) is 3. The van der Waals surface area contributed by atoms with Gasteiger partial charge in [-0.1, -0.05) is 6.07 Å². The van der Waals surface area contributed by atoms with Crippen molar-refractivity contribution in [1.29, 1.82) is 0 Å². The van der Waals surface area contributed by atoms with Gasteiger partial charge in [-0.3, -0.25) is 14.5 Å². The summed E-state index contributed by atoms with van der Waals surface area (Å²) in [6.07, 6.45) is 0.101. The molecule has 1 aromatic carbocycles. The summed E-state index contributed by atoms with van der Waals surface area (Å²) in [4.78, 5) is 31.0. The minimum absolute atomic E-state index is 0.00377. The zero-order chi connectivity index (χ0) is 19.1. The van der Waals surface area contributed by atoms with Gasteiger partial charge >= 0.3 is 0 Å². The Kier molecular flexibility index (Phi) is 4.62. The Labute approximate surface area is 154 Å². The molecule has 1 amide bonds. The first kappa shape index (κ1) is 18.2. The number of carbonyl (C=O) groups excluding carboxylic acids is 2. The second-order valence-electron chi connectivity index (χ2n) is 6.61. The lowest BCUT2D eigenvalue weighted by Crippen LogP contribution is -2.47. The number of benzene rings is 1. The Bertz CT molecular complexity index is 924. The SMILES string of the molecule is Cc1cc(C(=O)Cc2ccc(F)c(C3(C)CC(=O)N(C)C(N)=N3)c2)ns1. The van der Waals surface area contributed by atoms with Gasteiger partial charge in [0.15, 0.2) is 11.7 Å². The number of hydrogen-bond acceptors (Lipinski definition) is 6. The lowest BCUT2D eigenvalue weighted by atomic mass is 9.85. The number of nitrogens with two attached hydrogens (primary N) is 1. The van der Waals surface area contributed by atoms with Crippen LogP contribution < -0.4 is 5.73 Å². The maximum absolute atomic E-state index is 14.5. The van der Waals surface area contributed by atoms with Crippen molar-refractivity contribution in [3.8, 4) is 0 Å². The predicted octanol–water partition coefficient (Wildman–Crippen LogP) is 2.41. The molecule has 0 fully saturated rings. The largest absolute Gasteiger partial charge is 0.369 e. The number of halogens is 1. The van der Waals surface area contributed by atoms with Crippen LogP contribution in [0.5, 0.6) is 0 Å². The lowest BCUT2D eigenvalue weighted by molar-refractivity contribution is -0.128. The van der Waals surface area contributed by atoms with Gasteiger partial charge in [-0.05, 0) is 49.1 Å². The summed E-state index contributed by atoms with van der Waals surface area (Å²) in [6, 6.07) is 6.17. The monoisotopic (exact) mass is 374 g/mol. The van der Waals surface area contributed by atoms with Crippen molar-refractivity contribution in [2.45, 2.75) is 32.2 Å². The molecule has 3 rings (SSSR count). The van der Waals surface area contributed by atoms with Crippen molar-refractivity contribution in [3.05, 3.63) is 51.8 Å². The molecule has 1 unspecified atom stereocenters. The molecule has 0 aliphatic carbocycles. The summed E-state index contributed by atoms with van der Waals surface area (Å²) in [5, 5.41) is 0. The van der Waals surface area contributed by atoms with Crippen LogP contribution in [-0.4, -0.2) is 34.0 Å². The van der Waals surface area contributed by atoms with Crippen LogP contribution in [0.3, 0.4) is 0 Å². The number of guanidine groups is 1. The highest BCUT2D eigenvalue weighted by Gasteiger charge is 2.38. The van der Waals surface area contributed by atoms with Crippen LogP contribution in [0.25, 0.3) is 0 Å². The van der Waals surface area contributed by atoms with E-state index in [-0.39, 0.29) is 36.1 Å². The molecule has 6 nitrogen and oxygen atoms in total. The Morgan fingerprint density at radius 3 is 2.77 bits per heavy atom. The molecule has 1 aliphatic heterocycles. The van der Waals surface area contributed by atoms with Crippen molar-refractivity contribution in [2.75, 3.05) is 7.05 Å². The van der Waals surface area contributed by atoms with Crippen molar-refractivity contribution >= 4 is 29.2 Å². The van der Waals surface area contributed by atoms with Crippen LogP contribution in [0, 0.1) is 12.7 Å². The predicted molar refractivity (Wildman–Crippen MR) is 97.6 cm³/mol. The normalized spacial score (nSPS) is 20.2. The summed E-state index contributed by atoms with van der Waals surface area (Å²) < 4.78 is 18.6. The van der Waals surface area contributed by atoms with Crippen LogP contribution in [0.15, 0.2) is 29.3 Å². The van der Waals surface area contributed by atoms with Gasteiger partial charge in [-0.25, -0.2) is 9.38 Å². The van der Waals surface area contributed by atoms with Crippen molar-refractivity contribution in [2.24, 2.45) is 10.7 Å². The number of carbonyl (C=O) groups is 2. The van der Waals surface area contributed by atoms with Crippen molar-refractivity contribution < 1.29 is 14.0 Å². The first-order valence-electron chi connectivity index (χ1n) is 8.07. The minimum atomic E-state index is -1.10. The highest BCUT2D eigenvalue weighted by molar-refractivity contribution is 7.05. The summed E-state index contributed by atoms with van der Waals surface area (Å²) in [5.41, 5.74) is 5.99. The number of aliphatic imine (C=N–C) groups is 1. The van der Waals surface area contributed by atoms with E-state index in [0.29, 0.717) is 11.3 Å². The van der Waals surface area contributed by atoms with E-state index < -0.39 is 11.4 Å². The molecule has 2 heterocycles. The number of amides is 1. The molecule has 8 heteroatoms. The van der Waals surface area contributed by atoms with Crippen molar-refractivity contribution in [1.82, 2.24) is 9.27 Å². The van der Waals surface area contributed by atoms with Crippen LogP contribution in [-0.2, 0) is 16.8 Å². The first-order chi connectivity index (χ1) is 12.2. The molecular weight excluding hydrogens is 355 g/mol. The molecule has 0 saturated heterocycles. The molecule has 1 aliphatic rings. The number of ketones is 1. The molecule has 0 saturated carbocycles. The fourth-order valence-corrected chi connectivity index (χ4v) is 3.49. The van der Waals surface area contributed by atoms with Crippen LogP contribution in [0.4, 0.5) is 4.39 Å². The molecule has 1 aromatic heterocycles. The Morgan fingerprint density at radius 2 is 2.15 bits per heavy atom. The van der Waals surface area contributed by atoms with E-state index in [1.165, 1.54) is 29.5 Å². The molecule has 0 bridgehead atoms. The molecule has 2 aromatic rings. The summed E-state index contributed by atoms with van der Waals surface area (Å²) >= 11 is 1.27. The number of aromatic nitrogens is 1. The smallest absolute Gasteiger partial charge is 0.231 e. The van der Waals surface area contributed by atoms with Gasteiger partial charge in [0.2, 0.25) is 5.91 Å². The van der Waals surface area contributed by atoms with Crippen LogP contribution in [0.1, 0.15) is 39.8 Å². The van der Waals surface area contributed by atoms with Gasteiger partial charge in [-0.15, -0.1) is 0 Å². The van der Waals surface area contributed by atoms with E-state index in [1.807, 2.05) is 6.92 Å². The standard InChI is InChI=1S/C18H19FN4O2S/c1-10-6-14(22-26-10)15(24)8-11-4-5-13(19)12(7-11)18(2)9-16(25)23(3)17(20)21-18/h4-7H,8-9H2,1-3H3,(H2,20,21). The summed E-state index contributed by atoms with van der Waals surface area (Å²) in [7, 11) is 1.53. The van der Waals surface area contributed by atoms with E-state index >= 15 is 0 Å². The highest BCUT2D eigenvalue weighted by Crippen LogP contribution is 2.35. The molecule has 26 heavy (non-hydrogen) atoms. The van der Waals surface area contributed by atoms with Crippen LogP contribution >= 0.6 is 11.5 Å². The average molecular weight is 374 g/mol. The topological polar surface area (TPSA) is 88.7 Å². The molecule has 136 valence electrons. The molecule has 0 radical (unpaired) electrons. The van der Waals surface area contributed by atoms with Crippen molar-refractivity contribution in [3.63, 3.8) is 0 Å². The summed E-state index contributed by atoms with van der Waals surface area (Å²) in [6.45, 7) is 3.55. The van der Waals surface area contributed by atoms with E-state index in [1.54, 1.807) is 25.1 Å². The second kappa shape index (κ2) is 6.60. The van der Waals surface area contributed by atoms with Gasteiger partial charge in [-0.2, -0.15) is 4.37 Å². The summed E-state index contributed by atoms with van der Waals surface area (Å²) in [5.74, 6) is -0.817. The Balaban J connectivity index is 1.93. The van der Waals surface area contributed by atoms with E-state index in [2.05, 4.69) is 9.37 Å².